The first-order valence-electron chi connectivity index (χ1n) is 10.6. The van der Waals surface area contributed by atoms with Gasteiger partial charge in [0, 0.05) is 6.61 Å². The second kappa shape index (κ2) is 13.4. The van der Waals surface area contributed by atoms with Crippen LogP contribution in [0.5, 0.6) is 0 Å². The Morgan fingerprint density at radius 2 is 1.30 bits per heavy atom. The van der Waals surface area contributed by atoms with Crippen molar-refractivity contribution in [1.82, 2.24) is 4.57 Å². The number of hydrogen-bond donors (Lipinski definition) is 0. The maximum absolute atomic E-state index is 6.13. The molecule has 1 rings (SSSR count). The number of nitrogens with zero attached hydrogens (tertiary/aromatic N) is 1. The number of unbranched alkanes of at least 4 members (excludes halogenated alkanes) is 11. The molecule has 0 radical (unpaired) electrons. The summed E-state index contributed by atoms with van der Waals surface area (Å²) in [5.41, 5.74) is 0. The van der Waals surface area contributed by atoms with Crippen LogP contribution in [0.15, 0.2) is 0 Å². The van der Waals surface area contributed by atoms with Crippen molar-refractivity contribution in [2.45, 2.75) is 110 Å². The fourth-order valence-corrected chi connectivity index (χ4v) is 7.30. The zero-order valence-electron chi connectivity index (χ0n) is 16.4. The number of rotatable bonds is 15. The lowest BCUT2D eigenvalue weighted by molar-refractivity contribution is 0.267. The van der Waals surface area contributed by atoms with E-state index >= 15 is 0 Å². The van der Waals surface area contributed by atoms with Gasteiger partial charge in [-0.15, -0.1) is 0 Å². The Morgan fingerprint density at radius 1 is 0.783 bits per heavy atom. The van der Waals surface area contributed by atoms with Gasteiger partial charge >= 0.3 is 0 Å². The van der Waals surface area contributed by atoms with Gasteiger partial charge in [-0.25, -0.2) is 0 Å². The van der Waals surface area contributed by atoms with Gasteiger partial charge in [-0.2, -0.15) is 0 Å². The summed E-state index contributed by atoms with van der Waals surface area (Å²) in [6.45, 7) is 10.4. The first-order chi connectivity index (χ1) is 11.2. The third-order valence-electron chi connectivity index (χ3n) is 5.47. The topological polar surface area (TPSA) is 12.5 Å². The second-order valence-corrected chi connectivity index (χ2v) is 11.4. The lowest BCUT2D eigenvalue weighted by atomic mass is 10.1. The van der Waals surface area contributed by atoms with Gasteiger partial charge in [0.15, 0.2) is 0 Å². The van der Waals surface area contributed by atoms with Crippen molar-refractivity contribution < 1.29 is 4.43 Å². The molecule has 0 N–H and O–H groups in total. The van der Waals surface area contributed by atoms with Crippen LogP contribution in [0.2, 0.25) is 12.6 Å². The molecule has 0 bridgehead atoms. The van der Waals surface area contributed by atoms with Gasteiger partial charge in [-0.05, 0) is 45.4 Å². The molecule has 2 nitrogen and oxygen atoms in total. The molecule has 1 aliphatic rings. The van der Waals surface area contributed by atoms with Crippen LogP contribution in [0.3, 0.4) is 0 Å². The highest BCUT2D eigenvalue weighted by Gasteiger charge is 2.40. The molecule has 0 aromatic heterocycles. The molecule has 0 saturated carbocycles. The fraction of sp³-hybridized carbons (Fsp3) is 1.00. The van der Waals surface area contributed by atoms with Crippen LogP contribution in [-0.2, 0) is 4.43 Å². The molecule has 138 valence electrons. The third kappa shape index (κ3) is 9.26. The van der Waals surface area contributed by atoms with E-state index in [1.807, 2.05) is 0 Å². The predicted octanol–water partition coefficient (Wildman–Crippen LogP) is 6.50. The molecule has 3 heteroatoms. The molecule has 23 heavy (non-hydrogen) atoms. The van der Waals surface area contributed by atoms with E-state index in [1.54, 1.807) is 0 Å². The van der Waals surface area contributed by atoms with E-state index in [-0.39, 0.29) is 0 Å². The van der Waals surface area contributed by atoms with Crippen molar-refractivity contribution in [3.05, 3.63) is 0 Å². The Bertz CT molecular complexity index is 274. The van der Waals surface area contributed by atoms with E-state index in [4.69, 9.17) is 4.43 Å². The van der Waals surface area contributed by atoms with E-state index < -0.39 is 8.48 Å². The highest BCUT2D eigenvalue weighted by Crippen LogP contribution is 2.27. The van der Waals surface area contributed by atoms with Crippen LogP contribution in [-0.4, -0.2) is 32.7 Å². The van der Waals surface area contributed by atoms with Crippen molar-refractivity contribution >= 4 is 8.48 Å². The minimum absolute atomic E-state index is 0.900. The van der Waals surface area contributed by atoms with Crippen LogP contribution in [0.1, 0.15) is 97.3 Å². The summed E-state index contributed by atoms with van der Waals surface area (Å²) < 4.78 is 8.84. The summed E-state index contributed by atoms with van der Waals surface area (Å²) >= 11 is 0. The minimum Gasteiger partial charge on any atom is -0.403 e. The quantitative estimate of drug-likeness (QED) is 0.249. The highest BCUT2D eigenvalue weighted by atomic mass is 28.4. The summed E-state index contributed by atoms with van der Waals surface area (Å²) in [6, 6.07) is 1.35. The van der Waals surface area contributed by atoms with Crippen LogP contribution >= 0.6 is 0 Å². The summed E-state index contributed by atoms with van der Waals surface area (Å²) in [5, 5.41) is 0. The van der Waals surface area contributed by atoms with Gasteiger partial charge in [-0.3, -0.25) is 0 Å². The summed E-state index contributed by atoms with van der Waals surface area (Å²) in [6.07, 6.45) is 18.6. The van der Waals surface area contributed by atoms with Gasteiger partial charge in [-0.1, -0.05) is 77.6 Å². The zero-order chi connectivity index (χ0) is 16.8. The molecule has 1 unspecified atom stereocenters. The van der Waals surface area contributed by atoms with Gasteiger partial charge < -0.3 is 8.99 Å². The van der Waals surface area contributed by atoms with Gasteiger partial charge in [0.2, 0.25) is 0 Å². The first kappa shape index (κ1) is 21.2. The van der Waals surface area contributed by atoms with Crippen LogP contribution in [0.25, 0.3) is 0 Å². The van der Waals surface area contributed by atoms with Crippen molar-refractivity contribution in [3.63, 3.8) is 0 Å². The second-order valence-electron chi connectivity index (χ2n) is 7.59. The van der Waals surface area contributed by atoms with Gasteiger partial charge in [0.1, 0.15) is 0 Å². The minimum atomic E-state index is -1.48. The monoisotopic (exact) mass is 341 g/mol. The lowest BCUT2D eigenvalue weighted by Crippen LogP contribution is -2.49. The van der Waals surface area contributed by atoms with Crippen LogP contribution < -0.4 is 0 Å². The molecule has 0 aromatic carbocycles. The van der Waals surface area contributed by atoms with Crippen molar-refractivity contribution in [3.8, 4) is 0 Å². The fourth-order valence-electron chi connectivity index (χ4n) is 3.96. The van der Waals surface area contributed by atoms with Crippen molar-refractivity contribution in [2.75, 3.05) is 19.7 Å². The first-order valence-corrected chi connectivity index (χ1v) is 13.2. The van der Waals surface area contributed by atoms with Gasteiger partial charge in [0.05, 0.1) is 0 Å². The summed E-state index contributed by atoms with van der Waals surface area (Å²) in [5.74, 6) is 0. The standard InChI is InChI=1S/C20H43NOSi/c1-4-6-7-8-9-10-11-12-13-14-15-16-18-21-19-17-20-23(21,3)22-5-2/h4-20H2,1-3H3. The van der Waals surface area contributed by atoms with Crippen molar-refractivity contribution in [2.24, 2.45) is 0 Å². The summed E-state index contributed by atoms with van der Waals surface area (Å²) in [7, 11) is -1.48. The third-order valence-corrected chi connectivity index (χ3v) is 9.45. The van der Waals surface area contributed by atoms with E-state index in [0.29, 0.717) is 0 Å². The highest BCUT2D eigenvalue weighted by molar-refractivity contribution is 6.70. The van der Waals surface area contributed by atoms with E-state index in [9.17, 15) is 0 Å². The van der Waals surface area contributed by atoms with Gasteiger partial charge in [0.25, 0.3) is 8.48 Å². The van der Waals surface area contributed by atoms with E-state index in [0.717, 1.165) is 6.61 Å². The summed E-state index contributed by atoms with van der Waals surface area (Å²) in [4.78, 5) is 0. The Hall–Kier alpha value is 0.137. The van der Waals surface area contributed by atoms with Crippen LogP contribution in [0.4, 0.5) is 0 Å². The largest absolute Gasteiger partial charge is 0.403 e. The van der Waals surface area contributed by atoms with E-state index in [2.05, 4.69) is 25.0 Å². The molecule has 1 fully saturated rings. The van der Waals surface area contributed by atoms with Crippen molar-refractivity contribution in [1.29, 1.82) is 0 Å². The molecular formula is C20H43NOSi. The molecule has 0 aliphatic carbocycles. The molecule has 1 aliphatic heterocycles. The Morgan fingerprint density at radius 3 is 1.83 bits per heavy atom. The molecule has 1 atom stereocenters. The Balaban J connectivity index is 1.88. The molecule has 0 amide bonds. The average Bonchev–Trinajstić information content (AvgIpc) is 2.89. The SMILES string of the molecule is CCCCCCCCCCCCCCN1CCC[Si]1(C)OCC. The molecular weight excluding hydrogens is 298 g/mol. The molecule has 1 heterocycles. The predicted molar refractivity (Wildman–Crippen MR) is 105 cm³/mol. The number of hydrogen-bond acceptors (Lipinski definition) is 2. The molecule has 0 spiro atoms. The molecule has 1 saturated heterocycles. The maximum Gasteiger partial charge on any atom is 0.268 e. The van der Waals surface area contributed by atoms with Crippen LogP contribution in [0, 0.1) is 0 Å². The normalized spacial score (nSPS) is 22.0. The smallest absolute Gasteiger partial charge is 0.268 e. The Kier molecular flexibility index (Phi) is 12.4. The van der Waals surface area contributed by atoms with E-state index in [1.165, 1.54) is 103 Å². The molecule has 0 aromatic rings. The zero-order valence-corrected chi connectivity index (χ0v) is 17.4. The maximum atomic E-state index is 6.13. The Labute approximate surface area is 147 Å². The average molecular weight is 342 g/mol. The lowest BCUT2D eigenvalue weighted by Gasteiger charge is -2.32.